The van der Waals surface area contributed by atoms with E-state index in [9.17, 15) is 14.0 Å². The Morgan fingerprint density at radius 1 is 1.35 bits per heavy atom. The Hall–Kier alpha value is -2.11. The fraction of sp³-hybridized carbons (Fsp3) is 0.529. The molecule has 6 heteroatoms. The van der Waals surface area contributed by atoms with Crippen molar-refractivity contribution in [2.24, 2.45) is 5.92 Å². The summed E-state index contributed by atoms with van der Waals surface area (Å²) in [5.74, 6) is -0.755. The van der Waals surface area contributed by atoms with Gasteiger partial charge in [-0.25, -0.2) is 9.18 Å². The third-order valence-electron chi connectivity index (χ3n) is 3.64. The summed E-state index contributed by atoms with van der Waals surface area (Å²) in [6.45, 7) is 7.90. The van der Waals surface area contributed by atoms with Crippen LogP contribution in [-0.4, -0.2) is 35.6 Å². The number of carbonyl (C=O) groups is 2. The molecule has 1 fully saturated rings. The van der Waals surface area contributed by atoms with Gasteiger partial charge in [-0.2, -0.15) is 0 Å². The van der Waals surface area contributed by atoms with Gasteiger partial charge in [0.05, 0.1) is 5.92 Å². The molecule has 1 atom stereocenters. The highest BCUT2D eigenvalue weighted by molar-refractivity contribution is 5.93. The molecule has 0 saturated carbocycles. The molecular weight excluding hydrogens is 299 g/mol. The van der Waals surface area contributed by atoms with Gasteiger partial charge in [-0.3, -0.25) is 4.79 Å². The minimum atomic E-state index is -0.553. The predicted molar refractivity (Wildman–Crippen MR) is 85.7 cm³/mol. The highest BCUT2D eigenvalue weighted by Gasteiger charge is 2.33. The van der Waals surface area contributed by atoms with E-state index < -0.39 is 11.7 Å². The van der Waals surface area contributed by atoms with Gasteiger partial charge in [0.2, 0.25) is 5.91 Å². The molecule has 2 amide bonds. The maximum absolute atomic E-state index is 13.2. The van der Waals surface area contributed by atoms with E-state index in [4.69, 9.17) is 4.74 Å². The first kappa shape index (κ1) is 17.2. The number of hydrogen-bond acceptors (Lipinski definition) is 3. The molecule has 0 bridgehead atoms. The molecule has 0 spiro atoms. The highest BCUT2D eigenvalue weighted by atomic mass is 19.1. The van der Waals surface area contributed by atoms with Crippen molar-refractivity contribution in [2.45, 2.75) is 39.7 Å². The van der Waals surface area contributed by atoms with Crippen LogP contribution in [0, 0.1) is 18.7 Å². The number of likely N-dealkylation sites (tertiary alicyclic amines) is 1. The van der Waals surface area contributed by atoms with Crippen molar-refractivity contribution in [3.63, 3.8) is 0 Å². The van der Waals surface area contributed by atoms with Crippen LogP contribution in [0.4, 0.5) is 14.9 Å². The average Bonchev–Trinajstić information content (AvgIpc) is 2.91. The van der Waals surface area contributed by atoms with E-state index in [2.05, 4.69) is 5.32 Å². The Balaban J connectivity index is 1.92. The third kappa shape index (κ3) is 4.68. The van der Waals surface area contributed by atoms with Gasteiger partial charge in [0.1, 0.15) is 11.4 Å². The monoisotopic (exact) mass is 322 g/mol. The maximum Gasteiger partial charge on any atom is 0.410 e. The number of ether oxygens (including phenoxy) is 1. The third-order valence-corrected chi connectivity index (χ3v) is 3.64. The van der Waals surface area contributed by atoms with Crippen LogP contribution in [-0.2, 0) is 9.53 Å². The standard InChI is InChI=1S/C17H23FN2O3/c1-11-9-13(5-6-14(11)18)19-15(21)12-7-8-20(10-12)16(22)23-17(2,3)4/h5-6,9,12H,7-8,10H2,1-4H3,(H,19,21)/t12-/m0/s1. The molecule has 1 aromatic carbocycles. The van der Waals surface area contributed by atoms with Crippen LogP contribution in [0.3, 0.4) is 0 Å². The van der Waals surface area contributed by atoms with Crippen molar-refractivity contribution in [3.05, 3.63) is 29.6 Å². The summed E-state index contributed by atoms with van der Waals surface area (Å²) in [6, 6.07) is 4.45. The van der Waals surface area contributed by atoms with Crippen LogP contribution >= 0.6 is 0 Å². The number of nitrogens with zero attached hydrogens (tertiary/aromatic N) is 1. The Morgan fingerprint density at radius 2 is 2.04 bits per heavy atom. The molecule has 1 aliphatic rings. The maximum atomic E-state index is 13.2. The second-order valence-electron chi connectivity index (χ2n) is 6.87. The lowest BCUT2D eigenvalue weighted by molar-refractivity contribution is -0.119. The Labute approximate surface area is 135 Å². The second kappa shape index (κ2) is 6.56. The van der Waals surface area contributed by atoms with Crippen molar-refractivity contribution in [2.75, 3.05) is 18.4 Å². The van der Waals surface area contributed by atoms with Gasteiger partial charge in [0, 0.05) is 18.8 Å². The molecule has 1 aliphatic heterocycles. The minimum absolute atomic E-state index is 0.165. The first-order valence-corrected chi connectivity index (χ1v) is 7.70. The summed E-state index contributed by atoms with van der Waals surface area (Å²) in [6.07, 6.45) is 0.191. The summed E-state index contributed by atoms with van der Waals surface area (Å²) < 4.78 is 18.6. The first-order chi connectivity index (χ1) is 10.7. The fourth-order valence-electron chi connectivity index (χ4n) is 2.43. The van der Waals surface area contributed by atoms with Gasteiger partial charge >= 0.3 is 6.09 Å². The zero-order valence-corrected chi connectivity index (χ0v) is 14.0. The molecule has 126 valence electrons. The molecule has 1 saturated heterocycles. The highest BCUT2D eigenvalue weighted by Crippen LogP contribution is 2.22. The van der Waals surface area contributed by atoms with Crippen LogP contribution in [0.5, 0.6) is 0 Å². The number of anilines is 1. The molecular formula is C17H23FN2O3. The van der Waals surface area contributed by atoms with E-state index in [1.54, 1.807) is 17.9 Å². The van der Waals surface area contributed by atoms with Crippen LogP contribution in [0.15, 0.2) is 18.2 Å². The zero-order chi connectivity index (χ0) is 17.2. The molecule has 1 aromatic rings. The number of hydrogen-bond donors (Lipinski definition) is 1. The van der Waals surface area contributed by atoms with Gasteiger partial charge < -0.3 is 15.0 Å². The quantitative estimate of drug-likeness (QED) is 0.908. The van der Waals surface area contributed by atoms with E-state index in [0.29, 0.717) is 30.8 Å². The van der Waals surface area contributed by atoms with Crippen molar-refractivity contribution in [1.29, 1.82) is 0 Å². The average molecular weight is 322 g/mol. The first-order valence-electron chi connectivity index (χ1n) is 7.70. The van der Waals surface area contributed by atoms with Crippen molar-refractivity contribution in [3.8, 4) is 0 Å². The molecule has 0 unspecified atom stereocenters. The molecule has 23 heavy (non-hydrogen) atoms. The van der Waals surface area contributed by atoms with E-state index in [-0.39, 0.29) is 17.6 Å². The number of nitrogens with one attached hydrogen (secondary N) is 1. The Bertz CT molecular complexity index is 610. The van der Waals surface area contributed by atoms with Crippen LogP contribution in [0.1, 0.15) is 32.8 Å². The normalized spacial score (nSPS) is 18.0. The Morgan fingerprint density at radius 3 is 2.65 bits per heavy atom. The summed E-state index contributed by atoms with van der Waals surface area (Å²) in [5, 5.41) is 2.78. The summed E-state index contributed by atoms with van der Waals surface area (Å²) in [4.78, 5) is 25.8. The topological polar surface area (TPSA) is 58.6 Å². The molecule has 1 heterocycles. The minimum Gasteiger partial charge on any atom is -0.444 e. The largest absolute Gasteiger partial charge is 0.444 e. The van der Waals surface area contributed by atoms with E-state index in [0.717, 1.165) is 0 Å². The van der Waals surface area contributed by atoms with Gasteiger partial charge in [0.25, 0.3) is 0 Å². The molecule has 0 radical (unpaired) electrons. The van der Waals surface area contributed by atoms with Crippen molar-refractivity contribution >= 4 is 17.7 Å². The van der Waals surface area contributed by atoms with Gasteiger partial charge in [-0.1, -0.05) is 0 Å². The van der Waals surface area contributed by atoms with Crippen molar-refractivity contribution in [1.82, 2.24) is 4.90 Å². The number of aryl methyl sites for hydroxylation is 1. The SMILES string of the molecule is Cc1cc(NC(=O)[C@H]2CCN(C(=O)OC(C)(C)C)C2)ccc1F. The zero-order valence-electron chi connectivity index (χ0n) is 14.0. The molecule has 0 aliphatic carbocycles. The Kier molecular flexibility index (Phi) is 4.92. The van der Waals surface area contributed by atoms with Gasteiger partial charge in [-0.05, 0) is 57.9 Å². The van der Waals surface area contributed by atoms with Crippen LogP contribution in [0.2, 0.25) is 0 Å². The van der Waals surface area contributed by atoms with E-state index >= 15 is 0 Å². The number of benzene rings is 1. The fourth-order valence-corrected chi connectivity index (χ4v) is 2.43. The second-order valence-corrected chi connectivity index (χ2v) is 6.87. The molecule has 5 nitrogen and oxygen atoms in total. The summed E-state index contributed by atoms with van der Waals surface area (Å²) in [7, 11) is 0. The number of rotatable bonds is 2. The lowest BCUT2D eigenvalue weighted by Gasteiger charge is -2.24. The molecule has 0 aromatic heterocycles. The number of amides is 2. The number of carbonyl (C=O) groups excluding carboxylic acids is 2. The summed E-state index contributed by atoms with van der Waals surface area (Å²) >= 11 is 0. The van der Waals surface area contributed by atoms with Crippen molar-refractivity contribution < 1.29 is 18.7 Å². The smallest absolute Gasteiger partial charge is 0.410 e. The van der Waals surface area contributed by atoms with E-state index in [1.807, 2.05) is 20.8 Å². The van der Waals surface area contributed by atoms with Gasteiger partial charge in [0.15, 0.2) is 0 Å². The lowest BCUT2D eigenvalue weighted by atomic mass is 10.1. The molecule has 1 N–H and O–H groups in total. The molecule has 2 rings (SSSR count). The lowest BCUT2D eigenvalue weighted by Crippen LogP contribution is -2.36. The van der Waals surface area contributed by atoms with E-state index in [1.165, 1.54) is 12.1 Å². The van der Waals surface area contributed by atoms with Gasteiger partial charge in [-0.15, -0.1) is 0 Å². The predicted octanol–water partition coefficient (Wildman–Crippen LogP) is 3.33. The summed E-state index contributed by atoms with van der Waals surface area (Å²) in [5.41, 5.74) is 0.484. The number of halogens is 1. The van der Waals surface area contributed by atoms with Crippen LogP contribution in [0.25, 0.3) is 0 Å². The van der Waals surface area contributed by atoms with Crippen LogP contribution < -0.4 is 5.32 Å².